The molecule has 1 aromatic heterocycles. The van der Waals surface area contributed by atoms with Gasteiger partial charge in [0.25, 0.3) is 0 Å². The van der Waals surface area contributed by atoms with Gasteiger partial charge < -0.3 is 9.15 Å². The predicted molar refractivity (Wildman–Crippen MR) is 87.9 cm³/mol. The van der Waals surface area contributed by atoms with Gasteiger partial charge in [0.05, 0.1) is 0 Å². The Labute approximate surface area is 126 Å². The molecule has 0 aliphatic carbocycles. The number of fused-ring (bicyclic) bond motifs is 2. The van der Waals surface area contributed by atoms with Crippen LogP contribution >= 0.6 is 0 Å². The van der Waals surface area contributed by atoms with Gasteiger partial charge >= 0.3 is 0 Å². The normalized spacial score (nSPS) is 15.4. The summed E-state index contributed by atoms with van der Waals surface area (Å²) in [6.07, 6.45) is 1.44. The molecule has 4 rings (SSSR count). The average molecular weight is 282 g/mol. The van der Waals surface area contributed by atoms with Crippen molar-refractivity contribution in [3.05, 3.63) is 65.9 Å². The van der Waals surface area contributed by atoms with Crippen molar-refractivity contribution in [3.8, 4) is 5.75 Å². The van der Waals surface area contributed by atoms with Crippen LogP contribution in [-0.2, 0) is 6.42 Å². The molecule has 0 saturated carbocycles. The van der Waals surface area contributed by atoms with E-state index in [0.717, 1.165) is 23.5 Å². The van der Waals surface area contributed by atoms with Gasteiger partial charge in [-0.2, -0.15) is 0 Å². The van der Waals surface area contributed by atoms with Crippen LogP contribution in [0, 0.1) is 6.92 Å². The first-order valence-corrected chi connectivity index (χ1v) is 6.92. The third kappa shape index (κ3) is 3.46. The lowest BCUT2D eigenvalue weighted by Crippen LogP contribution is -2.05. The fourth-order valence-corrected chi connectivity index (χ4v) is 2.47. The molecule has 0 spiro atoms. The van der Waals surface area contributed by atoms with Gasteiger partial charge in [0.15, 0.2) is 0 Å². The lowest BCUT2D eigenvalue weighted by molar-refractivity contribution is 0.254. The number of benzene rings is 2. The molecule has 0 N–H and O–H groups in total. The molecule has 110 valence electrons. The van der Waals surface area contributed by atoms with Crippen molar-refractivity contribution in [2.45, 2.75) is 33.8 Å². The SMILES string of the molecule is C.CC1Cc2ccccc2O1.Cc1cc2ccccc2o1. The zero-order chi connectivity index (χ0) is 13.9. The van der Waals surface area contributed by atoms with Gasteiger partial charge in [0.2, 0.25) is 0 Å². The highest BCUT2D eigenvalue weighted by atomic mass is 16.5. The van der Waals surface area contributed by atoms with E-state index in [2.05, 4.69) is 19.1 Å². The Bertz CT molecular complexity index is 654. The lowest BCUT2D eigenvalue weighted by Gasteiger charge is -2.00. The average Bonchev–Trinajstić information content (AvgIpc) is 2.99. The van der Waals surface area contributed by atoms with E-state index in [1.165, 1.54) is 10.9 Å². The number of ether oxygens (including phenoxy) is 1. The van der Waals surface area contributed by atoms with Gasteiger partial charge in [-0.05, 0) is 37.6 Å². The zero-order valence-electron chi connectivity index (χ0n) is 11.8. The maximum Gasteiger partial charge on any atom is 0.134 e. The molecule has 0 amide bonds. The van der Waals surface area contributed by atoms with Crippen LogP contribution < -0.4 is 4.74 Å². The summed E-state index contributed by atoms with van der Waals surface area (Å²) in [5.74, 6) is 2.04. The monoisotopic (exact) mass is 282 g/mol. The standard InChI is InChI=1S/C9H10O.C9H8O.CH4/c2*1-7-6-8-4-2-3-5-9(8)10-7;/h2-5,7H,6H2,1H3;2-6H,1H3;1H4. The van der Waals surface area contributed by atoms with E-state index in [1.807, 2.05) is 49.4 Å². The van der Waals surface area contributed by atoms with Crippen LogP contribution in [0.4, 0.5) is 0 Å². The van der Waals surface area contributed by atoms with Gasteiger partial charge in [0, 0.05) is 11.8 Å². The Morgan fingerprint density at radius 1 is 1.00 bits per heavy atom. The number of hydrogen-bond donors (Lipinski definition) is 0. The van der Waals surface area contributed by atoms with Crippen molar-refractivity contribution in [1.29, 1.82) is 0 Å². The second-order valence-corrected chi connectivity index (χ2v) is 5.14. The molecule has 2 heteroatoms. The second-order valence-electron chi connectivity index (χ2n) is 5.14. The van der Waals surface area contributed by atoms with Crippen molar-refractivity contribution in [3.63, 3.8) is 0 Å². The van der Waals surface area contributed by atoms with E-state index in [1.54, 1.807) is 0 Å². The van der Waals surface area contributed by atoms with E-state index >= 15 is 0 Å². The fraction of sp³-hybridized carbons (Fsp3) is 0.263. The minimum absolute atomic E-state index is 0. The summed E-state index contributed by atoms with van der Waals surface area (Å²) in [6, 6.07) is 18.3. The van der Waals surface area contributed by atoms with Crippen molar-refractivity contribution in [1.82, 2.24) is 0 Å². The van der Waals surface area contributed by atoms with E-state index in [-0.39, 0.29) is 7.43 Å². The van der Waals surface area contributed by atoms with Gasteiger partial charge in [-0.25, -0.2) is 0 Å². The van der Waals surface area contributed by atoms with Gasteiger partial charge in [-0.1, -0.05) is 43.8 Å². The van der Waals surface area contributed by atoms with Crippen LogP contribution in [0.1, 0.15) is 25.7 Å². The highest BCUT2D eigenvalue weighted by molar-refractivity contribution is 5.77. The maximum atomic E-state index is 5.51. The van der Waals surface area contributed by atoms with Crippen LogP contribution in [0.3, 0.4) is 0 Å². The number of para-hydroxylation sites is 2. The van der Waals surface area contributed by atoms with Crippen LogP contribution in [0.2, 0.25) is 0 Å². The Morgan fingerprint density at radius 3 is 2.48 bits per heavy atom. The van der Waals surface area contributed by atoms with Crippen molar-refractivity contribution in [2.24, 2.45) is 0 Å². The molecule has 2 nitrogen and oxygen atoms in total. The number of rotatable bonds is 0. The van der Waals surface area contributed by atoms with Gasteiger partial charge in [-0.3, -0.25) is 0 Å². The number of aryl methyl sites for hydroxylation is 1. The highest BCUT2D eigenvalue weighted by Gasteiger charge is 2.16. The van der Waals surface area contributed by atoms with Gasteiger partial charge in [0.1, 0.15) is 23.2 Å². The smallest absolute Gasteiger partial charge is 0.134 e. The molecule has 1 aliphatic heterocycles. The van der Waals surface area contributed by atoms with Crippen molar-refractivity contribution < 1.29 is 9.15 Å². The Hall–Kier alpha value is -2.22. The van der Waals surface area contributed by atoms with E-state index < -0.39 is 0 Å². The minimum Gasteiger partial charge on any atom is -0.490 e. The molecule has 0 saturated heterocycles. The largest absolute Gasteiger partial charge is 0.490 e. The van der Waals surface area contributed by atoms with E-state index in [4.69, 9.17) is 9.15 Å². The molecule has 1 aliphatic rings. The fourth-order valence-electron chi connectivity index (χ4n) is 2.47. The molecule has 2 heterocycles. The minimum atomic E-state index is 0. The van der Waals surface area contributed by atoms with Crippen LogP contribution in [-0.4, -0.2) is 6.10 Å². The first-order valence-electron chi connectivity index (χ1n) is 6.92. The molecule has 1 atom stereocenters. The molecular weight excluding hydrogens is 260 g/mol. The summed E-state index contributed by atoms with van der Waals surface area (Å²) < 4.78 is 10.9. The van der Waals surface area contributed by atoms with E-state index in [0.29, 0.717) is 6.10 Å². The Morgan fingerprint density at radius 2 is 1.71 bits per heavy atom. The summed E-state index contributed by atoms with van der Waals surface area (Å²) in [5, 5.41) is 1.18. The first kappa shape index (κ1) is 15.2. The summed E-state index contributed by atoms with van der Waals surface area (Å²) in [7, 11) is 0. The predicted octanol–water partition coefficient (Wildman–Crippen LogP) is 5.39. The number of hydrogen-bond acceptors (Lipinski definition) is 2. The molecule has 1 unspecified atom stereocenters. The highest BCUT2D eigenvalue weighted by Crippen LogP contribution is 2.27. The molecule has 0 radical (unpaired) electrons. The van der Waals surface area contributed by atoms with Gasteiger partial charge in [-0.15, -0.1) is 0 Å². The van der Waals surface area contributed by atoms with Crippen molar-refractivity contribution >= 4 is 11.0 Å². The molecule has 0 fully saturated rings. The summed E-state index contributed by atoms with van der Waals surface area (Å²) in [6.45, 7) is 4.06. The summed E-state index contributed by atoms with van der Waals surface area (Å²) in [5.41, 5.74) is 2.31. The van der Waals surface area contributed by atoms with Crippen LogP contribution in [0.25, 0.3) is 11.0 Å². The molecular formula is C19H22O2. The molecule has 0 bridgehead atoms. The summed E-state index contributed by atoms with van der Waals surface area (Å²) >= 11 is 0. The molecule has 2 aromatic carbocycles. The van der Waals surface area contributed by atoms with Crippen molar-refractivity contribution in [2.75, 3.05) is 0 Å². The first-order chi connectivity index (χ1) is 9.72. The zero-order valence-corrected chi connectivity index (χ0v) is 11.8. The Kier molecular flexibility index (Phi) is 4.69. The lowest BCUT2D eigenvalue weighted by atomic mass is 10.1. The summed E-state index contributed by atoms with van der Waals surface area (Å²) in [4.78, 5) is 0. The third-order valence-corrected chi connectivity index (χ3v) is 3.36. The quantitative estimate of drug-likeness (QED) is 0.551. The third-order valence-electron chi connectivity index (χ3n) is 3.36. The number of furan rings is 1. The maximum absolute atomic E-state index is 5.51. The van der Waals surface area contributed by atoms with Crippen LogP contribution in [0.5, 0.6) is 5.75 Å². The molecule has 3 aromatic rings. The topological polar surface area (TPSA) is 22.4 Å². The molecule has 21 heavy (non-hydrogen) atoms. The van der Waals surface area contributed by atoms with E-state index in [9.17, 15) is 0 Å². The van der Waals surface area contributed by atoms with Crippen LogP contribution in [0.15, 0.2) is 59.0 Å². The second kappa shape index (κ2) is 6.49. The Balaban J connectivity index is 0.000000147.